The minimum absolute atomic E-state index is 0.326. The molecule has 0 aromatic carbocycles. The van der Waals surface area contributed by atoms with Gasteiger partial charge in [0.2, 0.25) is 0 Å². The first kappa shape index (κ1) is 10.0. The Morgan fingerprint density at radius 3 is 2.50 bits per heavy atom. The minimum Gasteiger partial charge on any atom is -0.326 e. The molecule has 0 aromatic heterocycles. The summed E-state index contributed by atoms with van der Waals surface area (Å²) in [6.45, 7) is 7.67. The summed E-state index contributed by atoms with van der Waals surface area (Å²) in [7, 11) is 0. The topological polar surface area (TPSA) is 38.0 Å². The van der Waals surface area contributed by atoms with Crippen LogP contribution >= 0.6 is 0 Å². The van der Waals surface area contributed by atoms with Crippen LogP contribution in [0.15, 0.2) is 0 Å². The van der Waals surface area contributed by atoms with Crippen molar-refractivity contribution in [3.05, 3.63) is 0 Å². The molecule has 72 valence electrons. The monoisotopic (exact) mass is 170 g/mol. The predicted molar refractivity (Wildman–Crippen MR) is 53.1 cm³/mol. The average Bonchev–Trinajstić information content (AvgIpc) is 2.79. The molecule has 0 bridgehead atoms. The zero-order valence-electron chi connectivity index (χ0n) is 8.56. The highest BCUT2D eigenvalue weighted by atomic mass is 15.0. The van der Waals surface area contributed by atoms with E-state index in [9.17, 15) is 0 Å². The van der Waals surface area contributed by atoms with Crippen molar-refractivity contribution in [1.29, 1.82) is 0 Å². The summed E-state index contributed by atoms with van der Waals surface area (Å²) < 4.78 is 0. The van der Waals surface area contributed by atoms with Gasteiger partial charge in [0.05, 0.1) is 0 Å². The van der Waals surface area contributed by atoms with Crippen LogP contribution in [0.25, 0.3) is 0 Å². The highest BCUT2D eigenvalue weighted by molar-refractivity contribution is 4.98. The molecule has 3 N–H and O–H groups in total. The van der Waals surface area contributed by atoms with Gasteiger partial charge in [-0.2, -0.15) is 0 Å². The van der Waals surface area contributed by atoms with E-state index in [1.165, 1.54) is 19.3 Å². The molecule has 1 saturated carbocycles. The zero-order valence-corrected chi connectivity index (χ0v) is 8.56. The molecule has 0 radical (unpaired) electrons. The Kier molecular flexibility index (Phi) is 3.13. The first-order valence-corrected chi connectivity index (χ1v) is 5.08. The van der Waals surface area contributed by atoms with Crippen molar-refractivity contribution in [3.63, 3.8) is 0 Å². The summed E-state index contributed by atoms with van der Waals surface area (Å²) in [6, 6.07) is 0.326. The highest BCUT2D eigenvalue weighted by Gasteiger charge is 2.36. The van der Waals surface area contributed by atoms with Gasteiger partial charge in [-0.1, -0.05) is 20.3 Å². The van der Waals surface area contributed by atoms with Gasteiger partial charge in [-0.3, -0.25) is 0 Å². The van der Waals surface area contributed by atoms with Gasteiger partial charge in [0.25, 0.3) is 0 Å². The third-order valence-corrected chi connectivity index (χ3v) is 3.14. The summed E-state index contributed by atoms with van der Waals surface area (Å²) in [5.41, 5.74) is 6.44. The van der Waals surface area contributed by atoms with E-state index in [4.69, 9.17) is 5.73 Å². The second kappa shape index (κ2) is 3.75. The van der Waals surface area contributed by atoms with E-state index in [-0.39, 0.29) is 0 Å². The Labute approximate surface area is 75.9 Å². The summed E-state index contributed by atoms with van der Waals surface area (Å²) in [4.78, 5) is 0. The molecule has 1 aliphatic rings. The molecular weight excluding hydrogens is 148 g/mol. The SMILES string of the molecule is CCC(C)C(N)CNC1(C)CC1. The lowest BCUT2D eigenvalue weighted by molar-refractivity contribution is 0.394. The number of nitrogens with two attached hydrogens (primary N) is 1. The van der Waals surface area contributed by atoms with Gasteiger partial charge in [0, 0.05) is 18.1 Å². The van der Waals surface area contributed by atoms with Crippen molar-refractivity contribution >= 4 is 0 Å². The Bertz CT molecular complexity index is 141. The third-order valence-electron chi connectivity index (χ3n) is 3.14. The lowest BCUT2D eigenvalue weighted by Gasteiger charge is -2.21. The van der Waals surface area contributed by atoms with Crippen LogP contribution < -0.4 is 11.1 Å². The molecule has 2 heteroatoms. The lowest BCUT2D eigenvalue weighted by Crippen LogP contribution is -2.42. The Hall–Kier alpha value is -0.0800. The standard InChI is InChI=1S/C10H22N2/c1-4-8(2)9(11)7-12-10(3)5-6-10/h8-9,12H,4-7,11H2,1-3H3. The van der Waals surface area contributed by atoms with E-state index >= 15 is 0 Å². The van der Waals surface area contributed by atoms with Gasteiger partial charge in [-0.05, 0) is 25.7 Å². The summed E-state index contributed by atoms with van der Waals surface area (Å²) in [6.07, 6.45) is 3.82. The van der Waals surface area contributed by atoms with Crippen molar-refractivity contribution in [3.8, 4) is 0 Å². The van der Waals surface area contributed by atoms with E-state index in [1.807, 2.05) is 0 Å². The fourth-order valence-electron chi connectivity index (χ4n) is 1.23. The van der Waals surface area contributed by atoms with Gasteiger partial charge in [0.15, 0.2) is 0 Å². The van der Waals surface area contributed by atoms with Crippen molar-refractivity contribution in [1.82, 2.24) is 5.32 Å². The Balaban J connectivity index is 2.13. The van der Waals surface area contributed by atoms with Crippen LogP contribution in [-0.4, -0.2) is 18.1 Å². The molecule has 0 heterocycles. The van der Waals surface area contributed by atoms with E-state index in [1.54, 1.807) is 0 Å². The van der Waals surface area contributed by atoms with E-state index in [0.717, 1.165) is 6.54 Å². The van der Waals surface area contributed by atoms with Gasteiger partial charge >= 0.3 is 0 Å². The van der Waals surface area contributed by atoms with Crippen LogP contribution in [-0.2, 0) is 0 Å². The molecule has 2 unspecified atom stereocenters. The molecule has 2 nitrogen and oxygen atoms in total. The smallest absolute Gasteiger partial charge is 0.0191 e. The largest absolute Gasteiger partial charge is 0.326 e. The maximum Gasteiger partial charge on any atom is 0.0191 e. The second-order valence-electron chi connectivity index (χ2n) is 4.49. The molecule has 2 atom stereocenters. The second-order valence-corrected chi connectivity index (χ2v) is 4.49. The quantitative estimate of drug-likeness (QED) is 0.656. The van der Waals surface area contributed by atoms with Crippen molar-refractivity contribution in [2.45, 2.75) is 51.6 Å². The van der Waals surface area contributed by atoms with E-state index in [0.29, 0.717) is 17.5 Å². The first-order valence-electron chi connectivity index (χ1n) is 5.08. The van der Waals surface area contributed by atoms with Crippen LogP contribution in [0, 0.1) is 5.92 Å². The van der Waals surface area contributed by atoms with Gasteiger partial charge in [-0.25, -0.2) is 0 Å². The molecule has 1 aliphatic carbocycles. The molecule has 1 fully saturated rings. The van der Waals surface area contributed by atoms with Crippen LogP contribution in [0.3, 0.4) is 0 Å². The molecule has 12 heavy (non-hydrogen) atoms. The molecule has 0 aliphatic heterocycles. The molecular formula is C10H22N2. The highest BCUT2D eigenvalue weighted by Crippen LogP contribution is 2.34. The van der Waals surface area contributed by atoms with Crippen LogP contribution in [0.5, 0.6) is 0 Å². The number of hydrogen-bond donors (Lipinski definition) is 2. The van der Waals surface area contributed by atoms with Crippen molar-refractivity contribution in [2.24, 2.45) is 11.7 Å². The van der Waals surface area contributed by atoms with Crippen LogP contribution in [0.2, 0.25) is 0 Å². The van der Waals surface area contributed by atoms with Crippen LogP contribution in [0.1, 0.15) is 40.0 Å². The fraction of sp³-hybridized carbons (Fsp3) is 1.00. The van der Waals surface area contributed by atoms with Gasteiger partial charge in [0.1, 0.15) is 0 Å². The maximum atomic E-state index is 6.00. The normalized spacial score (nSPS) is 25.0. The number of nitrogens with one attached hydrogen (secondary N) is 1. The van der Waals surface area contributed by atoms with E-state index < -0.39 is 0 Å². The summed E-state index contributed by atoms with van der Waals surface area (Å²) >= 11 is 0. The third kappa shape index (κ3) is 2.76. The molecule has 0 spiro atoms. The maximum absolute atomic E-state index is 6.00. The Morgan fingerprint density at radius 1 is 1.50 bits per heavy atom. The minimum atomic E-state index is 0.326. The molecule has 0 amide bonds. The van der Waals surface area contributed by atoms with Crippen molar-refractivity contribution in [2.75, 3.05) is 6.54 Å². The predicted octanol–water partition coefficient (Wildman–Crippen LogP) is 1.50. The van der Waals surface area contributed by atoms with Gasteiger partial charge in [-0.15, -0.1) is 0 Å². The zero-order chi connectivity index (χ0) is 9.19. The molecule has 1 rings (SSSR count). The van der Waals surface area contributed by atoms with Crippen LogP contribution in [0.4, 0.5) is 0 Å². The fourth-order valence-corrected chi connectivity index (χ4v) is 1.23. The summed E-state index contributed by atoms with van der Waals surface area (Å²) in [5.74, 6) is 0.639. The van der Waals surface area contributed by atoms with Crippen molar-refractivity contribution < 1.29 is 0 Å². The lowest BCUT2D eigenvalue weighted by atomic mass is 10.00. The van der Waals surface area contributed by atoms with E-state index in [2.05, 4.69) is 26.1 Å². The summed E-state index contributed by atoms with van der Waals surface area (Å²) in [5, 5.41) is 3.52. The first-order chi connectivity index (χ1) is 5.57. The average molecular weight is 170 g/mol. The van der Waals surface area contributed by atoms with Gasteiger partial charge < -0.3 is 11.1 Å². The Morgan fingerprint density at radius 2 is 2.08 bits per heavy atom. The molecule has 0 aromatic rings. The number of hydrogen-bond acceptors (Lipinski definition) is 2. The molecule has 0 saturated heterocycles. The number of rotatable bonds is 5.